The maximum atomic E-state index is 11.7. The van der Waals surface area contributed by atoms with E-state index in [0.717, 1.165) is 10.2 Å². The molecule has 0 atom stereocenters. The Bertz CT molecular complexity index is 693. The summed E-state index contributed by atoms with van der Waals surface area (Å²) in [5, 5.41) is 6.37. The summed E-state index contributed by atoms with van der Waals surface area (Å²) < 4.78 is 1.07. The van der Waals surface area contributed by atoms with Crippen LogP contribution in [0, 0.1) is 0 Å². The van der Waals surface area contributed by atoms with Crippen LogP contribution in [0.25, 0.3) is 10.2 Å². The van der Waals surface area contributed by atoms with Crippen LogP contribution in [0.2, 0.25) is 0 Å². The van der Waals surface area contributed by atoms with Gasteiger partial charge in [0.05, 0.1) is 28.3 Å². The van der Waals surface area contributed by atoms with Gasteiger partial charge in [0.1, 0.15) is 0 Å². The highest BCUT2D eigenvalue weighted by Gasteiger charge is 2.26. The third-order valence-electron chi connectivity index (χ3n) is 3.25. The predicted octanol–water partition coefficient (Wildman–Crippen LogP) is 1.19. The van der Waals surface area contributed by atoms with Crippen molar-refractivity contribution in [1.82, 2.24) is 10.3 Å². The molecule has 3 rings (SSSR count). The molecule has 0 bridgehead atoms. The van der Waals surface area contributed by atoms with Crippen LogP contribution in [0.4, 0.5) is 5.69 Å². The largest absolute Gasteiger partial charge is 0.346 e. The van der Waals surface area contributed by atoms with Crippen LogP contribution in [0.1, 0.15) is 23.8 Å². The molecule has 110 valence electrons. The van der Waals surface area contributed by atoms with Gasteiger partial charge in [0, 0.05) is 11.6 Å². The molecule has 0 saturated heterocycles. The van der Waals surface area contributed by atoms with E-state index in [4.69, 9.17) is 5.73 Å². The zero-order chi connectivity index (χ0) is 14.8. The van der Waals surface area contributed by atoms with E-state index in [-0.39, 0.29) is 24.9 Å². The highest BCUT2D eigenvalue weighted by molar-refractivity contribution is 7.18. The average Bonchev–Trinajstić information content (AvgIpc) is 3.24. The van der Waals surface area contributed by atoms with Crippen molar-refractivity contribution in [2.24, 2.45) is 5.73 Å². The number of fused-ring (bicyclic) bond motifs is 1. The average molecular weight is 304 g/mol. The summed E-state index contributed by atoms with van der Waals surface area (Å²) in [5.41, 5.74) is 6.83. The lowest BCUT2D eigenvalue weighted by atomic mass is 10.3. The van der Waals surface area contributed by atoms with Gasteiger partial charge in [-0.05, 0) is 31.0 Å². The molecule has 1 heterocycles. The van der Waals surface area contributed by atoms with E-state index in [1.54, 1.807) is 11.3 Å². The first-order valence-electron chi connectivity index (χ1n) is 6.83. The second-order valence-corrected chi connectivity index (χ2v) is 6.10. The van der Waals surface area contributed by atoms with Crippen LogP contribution >= 0.6 is 11.3 Å². The molecule has 0 aliphatic heterocycles. The monoisotopic (exact) mass is 304 g/mol. The number of nitrogens with two attached hydrogens (primary N) is 1. The van der Waals surface area contributed by atoms with Crippen LogP contribution < -0.4 is 16.4 Å². The molecule has 0 spiro atoms. The van der Waals surface area contributed by atoms with E-state index in [2.05, 4.69) is 15.6 Å². The number of aromatic nitrogens is 1. The number of amides is 2. The van der Waals surface area contributed by atoms with Crippen molar-refractivity contribution in [3.63, 3.8) is 0 Å². The van der Waals surface area contributed by atoms with Gasteiger partial charge in [0.15, 0.2) is 0 Å². The predicted molar refractivity (Wildman–Crippen MR) is 82.3 cm³/mol. The Kier molecular flexibility index (Phi) is 3.85. The summed E-state index contributed by atoms with van der Waals surface area (Å²) in [6.45, 7) is -0.200. The Hall–Kier alpha value is -1.99. The van der Waals surface area contributed by atoms with E-state index in [0.29, 0.717) is 11.6 Å². The lowest BCUT2D eigenvalue weighted by Crippen LogP contribution is -2.36. The maximum absolute atomic E-state index is 11.7. The molecule has 7 heteroatoms. The van der Waals surface area contributed by atoms with E-state index in [9.17, 15) is 9.59 Å². The molecule has 1 aromatic carbocycles. The SMILES string of the molecule is NCC(=O)NCC(=O)Nc1ccc2nc(C3CC3)sc2c1. The summed E-state index contributed by atoms with van der Waals surface area (Å²) in [4.78, 5) is 27.3. The van der Waals surface area contributed by atoms with E-state index < -0.39 is 0 Å². The van der Waals surface area contributed by atoms with Gasteiger partial charge in [-0.2, -0.15) is 0 Å². The van der Waals surface area contributed by atoms with Gasteiger partial charge in [-0.25, -0.2) is 4.98 Å². The Labute approximate surface area is 125 Å². The molecule has 1 aromatic heterocycles. The first kappa shape index (κ1) is 14.0. The normalized spacial score (nSPS) is 14.1. The fraction of sp³-hybridized carbons (Fsp3) is 0.357. The minimum atomic E-state index is -0.350. The van der Waals surface area contributed by atoms with Crippen molar-refractivity contribution >= 4 is 39.1 Å². The number of thiazole rings is 1. The third-order valence-corrected chi connectivity index (χ3v) is 4.43. The van der Waals surface area contributed by atoms with Gasteiger partial charge in [0.25, 0.3) is 0 Å². The van der Waals surface area contributed by atoms with E-state index in [1.165, 1.54) is 17.8 Å². The van der Waals surface area contributed by atoms with Gasteiger partial charge in [-0.3, -0.25) is 9.59 Å². The van der Waals surface area contributed by atoms with Gasteiger partial charge in [-0.15, -0.1) is 11.3 Å². The minimum absolute atomic E-state index is 0.0793. The molecule has 2 aromatic rings. The lowest BCUT2D eigenvalue weighted by Gasteiger charge is -2.06. The van der Waals surface area contributed by atoms with Gasteiger partial charge >= 0.3 is 0 Å². The quantitative estimate of drug-likeness (QED) is 0.773. The Balaban J connectivity index is 1.66. The lowest BCUT2D eigenvalue weighted by molar-refractivity contribution is -0.123. The molecule has 1 aliphatic rings. The highest BCUT2D eigenvalue weighted by Crippen LogP contribution is 2.43. The standard InChI is InChI=1S/C14H16N4O2S/c15-6-12(19)16-7-13(20)17-9-3-4-10-11(5-9)21-14(18-10)8-1-2-8/h3-5,8H,1-2,6-7,15H2,(H,16,19)(H,17,20). The molecule has 1 aliphatic carbocycles. The van der Waals surface area contributed by atoms with E-state index in [1.807, 2.05) is 18.2 Å². The summed E-state index contributed by atoms with van der Waals surface area (Å²) >= 11 is 1.68. The molecule has 2 amide bonds. The van der Waals surface area contributed by atoms with Crippen LogP contribution in [-0.4, -0.2) is 29.9 Å². The Morgan fingerprint density at radius 1 is 1.33 bits per heavy atom. The number of nitrogens with zero attached hydrogens (tertiary/aromatic N) is 1. The Morgan fingerprint density at radius 2 is 2.14 bits per heavy atom. The molecular formula is C14H16N4O2S. The zero-order valence-electron chi connectivity index (χ0n) is 11.4. The van der Waals surface area contributed by atoms with Crippen LogP contribution in [0.15, 0.2) is 18.2 Å². The molecule has 21 heavy (non-hydrogen) atoms. The smallest absolute Gasteiger partial charge is 0.243 e. The number of hydrogen-bond acceptors (Lipinski definition) is 5. The molecule has 0 radical (unpaired) electrons. The number of hydrogen-bond donors (Lipinski definition) is 3. The summed E-state index contributed by atoms with van der Waals surface area (Å²) in [6, 6.07) is 5.65. The second-order valence-electron chi connectivity index (χ2n) is 5.04. The fourth-order valence-corrected chi connectivity index (χ4v) is 3.16. The van der Waals surface area contributed by atoms with Crippen LogP contribution in [0.5, 0.6) is 0 Å². The zero-order valence-corrected chi connectivity index (χ0v) is 12.2. The number of nitrogens with one attached hydrogen (secondary N) is 2. The van der Waals surface area contributed by atoms with Gasteiger partial charge in [0.2, 0.25) is 11.8 Å². The van der Waals surface area contributed by atoms with Crippen molar-refractivity contribution in [2.45, 2.75) is 18.8 Å². The number of anilines is 1. The highest BCUT2D eigenvalue weighted by atomic mass is 32.1. The molecule has 1 fully saturated rings. The van der Waals surface area contributed by atoms with Crippen molar-refractivity contribution in [1.29, 1.82) is 0 Å². The van der Waals surface area contributed by atoms with Crippen molar-refractivity contribution in [3.8, 4) is 0 Å². The molecule has 4 N–H and O–H groups in total. The van der Waals surface area contributed by atoms with Crippen LogP contribution in [0.3, 0.4) is 0 Å². The summed E-state index contributed by atoms with van der Waals surface area (Å²) in [5.74, 6) is 0.00660. The third kappa shape index (κ3) is 3.37. The molecule has 1 saturated carbocycles. The second kappa shape index (κ2) is 5.79. The van der Waals surface area contributed by atoms with E-state index >= 15 is 0 Å². The summed E-state index contributed by atoms with van der Waals surface area (Å²) in [7, 11) is 0. The topological polar surface area (TPSA) is 97.1 Å². The summed E-state index contributed by atoms with van der Waals surface area (Å²) in [6.07, 6.45) is 2.45. The Morgan fingerprint density at radius 3 is 2.86 bits per heavy atom. The van der Waals surface area contributed by atoms with Crippen molar-refractivity contribution < 1.29 is 9.59 Å². The fourth-order valence-electron chi connectivity index (χ4n) is 1.98. The van der Waals surface area contributed by atoms with Crippen LogP contribution in [-0.2, 0) is 9.59 Å². The number of carbonyl (C=O) groups excluding carboxylic acids is 2. The molecule has 0 unspecified atom stereocenters. The minimum Gasteiger partial charge on any atom is -0.346 e. The number of rotatable bonds is 5. The van der Waals surface area contributed by atoms with Gasteiger partial charge in [-0.1, -0.05) is 0 Å². The number of benzene rings is 1. The molecular weight excluding hydrogens is 288 g/mol. The van der Waals surface area contributed by atoms with Crippen molar-refractivity contribution in [2.75, 3.05) is 18.4 Å². The maximum Gasteiger partial charge on any atom is 0.243 e. The molecule has 6 nitrogen and oxygen atoms in total. The first-order chi connectivity index (χ1) is 10.2. The first-order valence-corrected chi connectivity index (χ1v) is 7.64. The number of carbonyl (C=O) groups is 2. The van der Waals surface area contributed by atoms with Gasteiger partial charge < -0.3 is 16.4 Å². The van der Waals surface area contributed by atoms with Crippen molar-refractivity contribution in [3.05, 3.63) is 23.2 Å².